The van der Waals surface area contributed by atoms with E-state index in [1.165, 1.54) is 14.0 Å². The van der Waals surface area contributed by atoms with Gasteiger partial charge in [0.25, 0.3) is 0 Å². The van der Waals surface area contributed by atoms with Gasteiger partial charge in [0.1, 0.15) is 6.61 Å². The Kier molecular flexibility index (Phi) is 7.71. The van der Waals surface area contributed by atoms with E-state index < -0.39 is 6.04 Å². The molecule has 0 aliphatic rings. The second kappa shape index (κ2) is 10.2. The van der Waals surface area contributed by atoms with Crippen LogP contribution >= 0.6 is 0 Å². The number of anilines is 2. The topological polar surface area (TPSA) is 96.5 Å². The van der Waals surface area contributed by atoms with E-state index in [1.54, 1.807) is 24.3 Å². The average Bonchev–Trinajstić information content (AvgIpc) is 2.62. The summed E-state index contributed by atoms with van der Waals surface area (Å²) in [6.45, 7) is 3.35. The van der Waals surface area contributed by atoms with Gasteiger partial charge in [-0.2, -0.15) is 0 Å². The molecule has 0 heterocycles. The summed E-state index contributed by atoms with van der Waals surface area (Å²) in [5.74, 6) is -0.739. The Morgan fingerprint density at radius 2 is 1.57 bits per heavy atom. The molecule has 0 saturated carbocycles. The Bertz CT molecular complexity index is 834. The third-order valence-corrected chi connectivity index (χ3v) is 3.95. The van der Waals surface area contributed by atoms with E-state index in [-0.39, 0.29) is 30.7 Å². The first-order chi connectivity index (χ1) is 13.4. The maximum absolute atomic E-state index is 12.5. The second-order valence-corrected chi connectivity index (χ2v) is 6.48. The molecule has 1 atom stereocenters. The normalized spacial score (nSPS) is 11.4. The number of aryl methyl sites for hydroxylation is 1. The number of methoxy groups -OCH3 is 1. The van der Waals surface area contributed by atoms with E-state index in [0.717, 1.165) is 11.1 Å². The van der Waals surface area contributed by atoms with Gasteiger partial charge >= 0.3 is 0 Å². The number of hydrogen-bond acceptors (Lipinski definition) is 4. The van der Waals surface area contributed by atoms with Crippen LogP contribution in [-0.4, -0.2) is 31.4 Å². The van der Waals surface area contributed by atoms with Gasteiger partial charge in [-0.1, -0.05) is 35.9 Å². The Labute approximate surface area is 164 Å². The fraction of sp³-hybridized carbons (Fsp3) is 0.286. The maximum Gasteiger partial charge on any atom is 0.250 e. The highest BCUT2D eigenvalue weighted by Crippen LogP contribution is 2.20. The van der Waals surface area contributed by atoms with Gasteiger partial charge in [0, 0.05) is 25.4 Å². The molecule has 0 radical (unpaired) electrons. The number of nitrogens with one attached hydrogen (secondary N) is 3. The molecule has 7 nitrogen and oxygen atoms in total. The van der Waals surface area contributed by atoms with Crippen molar-refractivity contribution in [3.8, 4) is 0 Å². The molecule has 0 fully saturated rings. The highest BCUT2D eigenvalue weighted by Gasteiger charge is 2.17. The lowest BCUT2D eigenvalue weighted by atomic mass is 10.0. The highest BCUT2D eigenvalue weighted by molar-refractivity contribution is 5.94. The molecule has 0 aliphatic carbocycles. The molecule has 2 aromatic carbocycles. The lowest BCUT2D eigenvalue weighted by Gasteiger charge is -2.18. The fourth-order valence-electron chi connectivity index (χ4n) is 2.70. The molecule has 2 aromatic rings. The second-order valence-electron chi connectivity index (χ2n) is 6.48. The summed E-state index contributed by atoms with van der Waals surface area (Å²) in [5.41, 5.74) is 3.06. The number of carbonyl (C=O) groups is 3. The minimum absolute atomic E-state index is 0.0501. The van der Waals surface area contributed by atoms with Gasteiger partial charge < -0.3 is 20.7 Å². The molecule has 0 spiro atoms. The monoisotopic (exact) mass is 383 g/mol. The van der Waals surface area contributed by atoms with Crippen molar-refractivity contribution < 1.29 is 19.1 Å². The number of carbonyl (C=O) groups excluding carboxylic acids is 3. The first-order valence-corrected chi connectivity index (χ1v) is 8.89. The number of amides is 3. The number of hydrogen-bond donors (Lipinski definition) is 3. The van der Waals surface area contributed by atoms with Gasteiger partial charge in [-0.25, -0.2) is 0 Å². The third kappa shape index (κ3) is 6.85. The van der Waals surface area contributed by atoms with Crippen molar-refractivity contribution in [1.29, 1.82) is 0 Å². The smallest absolute Gasteiger partial charge is 0.250 e. The van der Waals surface area contributed by atoms with E-state index in [2.05, 4.69) is 16.0 Å². The molecular formula is C21H25N3O4. The van der Waals surface area contributed by atoms with E-state index in [9.17, 15) is 14.4 Å². The van der Waals surface area contributed by atoms with Crippen molar-refractivity contribution >= 4 is 29.1 Å². The van der Waals surface area contributed by atoms with Gasteiger partial charge in [-0.15, -0.1) is 0 Å². The molecule has 0 aromatic heterocycles. The van der Waals surface area contributed by atoms with Crippen molar-refractivity contribution in [3.05, 3.63) is 59.7 Å². The van der Waals surface area contributed by atoms with Crippen LogP contribution in [0.4, 0.5) is 11.4 Å². The standard InChI is InChI=1S/C21H25N3O4/c1-14-7-9-16(10-8-14)19(22-15(2)25)12-20(26)23-17-5-4-6-18(11-17)24-21(27)13-28-3/h4-11,19H,12-13H2,1-3H3,(H,22,25)(H,23,26)(H,24,27). The molecule has 0 saturated heterocycles. The Hall–Kier alpha value is -3.19. The summed E-state index contributed by atoms with van der Waals surface area (Å²) in [7, 11) is 1.44. The van der Waals surface area contributed by atoms with Crippen molar-refractivity contribution in [1.82, 2.24) is 5.32 Å². The van der Waals surface area contributed by atoms with Crippen LogP contribution in [0.15, 0.2) is 48.5 Å². The zero-order valence-electron chi connectivity index (χ0n) is 16.2. The summed E-state index contributed by atoms with van der Waals surface area (Å²) < 4.78 is 4.78. The van der Waals surface area contributed by atoms with E-state index in [1.807, 2.05) is 31.2 Å². The third-order valence-electron chi connectivity index (χ3n) is 3.95. The molecule has 3 N–H and O–H groups in total. The minimum atomic E-state index is -0.428. The lowest BCUT2D eigenvalue weighted by Crippen LogP contribution is -2.29. The number of benzene rings is 2. The van der Waals surface area contributed by atoms with Crippen molar-refractivity contribution in [3.63, 3.8) is 0 Å². The first kappa shape index (κ1) is 21.1. The van der Waals surface area contributed by atoms with Crippen LogP contribution in [0.2, 0.25) is 0 Å². The summed E-state index contributed by atoms with van der Waals surface area (Å²) in [6, 6.07) is 14.1. The molecular weight excluding hydrogens is 358 g/mol. The summed E-state index contributed by atoms with van der Waals surface area (Å²) in [4.78, 5) is 35.7. The molecule has 7 heteroatoms. The lowest BCUT2D eigenvalue weighted by molar-refractivity contribution is -0.121. The molecule has 0 aliphatic heterocycles. The minimum Gasteiger partial charge on any atom is -0.375 e. The average molecular weight is 383 g/mol. The van der Waals surface area contributed by atoms with Crippen LogP contribution in [0.25, 0.3) is 0 Å². The quantitative estimate of drug-likeness (QED) is 0.653. The molecule has 3 amide bonds. The van der Waals surface area contributed by atoms with Crippen LogP contribution in [0.5, 0.6) is 0 Å². The predicted molar refractivity (Wildman–Crippen MR) is 108 cm³/mol. The van der Waals surface area contributed by atoms with Crippen LogP contribution < -0.4 is 16.0 Å². The van der Waals surface area contributed by atoms with Gasteiger partial charge in [0.15, 0.2) is 0 Å². The summed E-state index contributed by atoms with van der Waals surface area (Å²) in [6.07, 6.45) is 0.0862. The molecule has 0 bridgehead atoms. The van der Waals surface area contributed by atoms with Crippen molar-refractivity contribution in [2.45, 2.75) is 26.3 Å². The van der Waals surface area contributed by atoms with Crippen LogP contribution in [0.3, 0.4) is 0 Å². The predicted octanol–water partition coefficient (Wildman–Crippen LogP) is 2.79. The fourth-order valence-corrected chi connectivity index (χ4v) is 2.70. The Morgan fingerprint density at radius 3 is 2.14 bits per heavy atom. The SMILES string of the molecule is COCC(=O)Nc1cccc(NC(=O)CC(NC(C)=O)c2ccc(C)cc2)c1. The first-order valence-electron chi connectivity index (χ1n) is 8.89. The molecule has 1 unspecified atom stereocenters. The Morgan fingerprint density at radius 1 is 0.964 bits per heavy atom. The van der Waals surface area contributed by atoms with Gasteiger partial charge in [-0.3, -0.25) is 14.4 Å². The Balaban J connectivity index is 2.04. The van der Waals surface area contributed by atoms with E-state index >= 15 is 0 Å². The van der Waals surface area contributed by atoms with Crippen LogP contribution in [0.1, 0.15) is 30.5 Å². The molecule has 148 valence electrons. The van der Waals surface area contributed by atoms with Gasteiger partial charge in [-0.05, 0) is 30.7 Å². The highest BCUT2D eigenvalue weighted by atomic mass is 16.5. The van der Waals surface area contributed by atoms with Crippen LogP contribution in [-0.2, 0) is 19.1 Å². The largest absolute Gasteiger partial charge is 0.375 e. The zero-order valence-corrected chi connectivity index (χ0v) is 16.2. The molecule has 2 rings (SSSR count). The van der Waals surface area contributed by atoms with Crippen molar-refractivity contribution in [2.24, 2.45) is 0 Å². The number of rotatable bonds is 8. The zero-order chi connectivity index (χ0) is 20.5. The van der Waals surface area contributed by atoms with E-state index in [4.69, 9.17) is 4.74 Å². The van der Waals surface area contributed by atoms with Crippen LogP contribution in [0, 0.1) is 6.92 Å². The molecule has 28 heavy (non-hydrogen) atoms. The van der Waals surface area contributed by atoms with Crippen molar-refractivity contribution in [2.75, 3.05) is 24.4 Å². The van der Waals surface area contributed by atoms with E-state index in [0.29, 0.717) is 11.4 Å². The van der Waals surface area contributed by atoms with Gasteiger partial charge in [0.05, 0.1) is 12.5 Å². The van der Waals surface area contributed by atoms with Gasteiger partial charge in [0.2, 0.25) is 17.7 Å². The summed E-state index contributed by atoms with van der Waals surface area (Å²) >= 11 is 0. The number of ether oxygens (including phenoxy) is 1. The summed E-state index contributed by atoms with van der Waals surface area (Å²) in [5, 5.41) is 8.30. The maximum atomic E-state index is 12.5.